The topological polar surface area (TPSA) is 111 Å². The van der Waals surface area contributed by atoms with E-state index in [1.165, 1.54) is 12.1 Å². The van der Waals surface area contributed by atoms with Crippen molar-refractivity contribution in [3.63, 3.8) is 0 Å². The van der Waals surface area contributed by atoms with Crippen LogP contribution in [0.15, 0.2) is 52.5 Å². The van der Waals surface area contributed by atoms with Crippen LogP contribution in [0.2, 0.25) is 0 Å². The molecule has 1 saturated heterocycles. The quantitative estimate of drug-likeness (QED) is 0.327. The van der Waals surface area contributed by atoms with Gasteiger partial charge < -0.3 is 14.0 Å². The number of amides is 1. The van der Waals surface area contributed by atoms with E-state index in [1.54, 1.807) is 29.7 Å². The predicted molar refractivity (Wildman–Crippen MR) is 118 cm³/mol. The lowest BCUT2D eigenvalue weighted by atomic mass is 10.2. The first kappa shape index (κ1) is 20.3. The number of hydrogen-bond acceptors (Lipinski definition) is 8. The Balaban J connectivity index is 1.16. The highest BCUT2D eigenvalue weighted by atomic mass is 32.1. The number of carbonyl (C=O) groups is 1. The Morgan fingerprint density at radius 1 is 1.19 bits per heavy atom. The third-order valence-corrected chi connectivity index (χ3v) is 6.43. The molecule has 11 heteroatoms. The molecule has 0 bridgehead atoms. The Bertz CT molecular complexity index is 1260. The summed E-state index contributed by atoms with van der Waals surface area (Å²) >= 11 is 1.57. The minimum absolute atomic E-state index is 0.0262. The van der Waals surface area contributed by atoms with Crippen LogP contribution in [-0.4, -0.2) is 61.5 Å². The molecule has 0 aliphatic carbocycles. The molecular weight excluding hydrogens is 432 g/mol. The number of non-ortho nitro benzene ring substituents is 1. The summed E-state index contributed by atoms with van der Waals surface area (Å²) in [6.07, 6.45) is 1.79. The SMILES string of the molecule is O=C(Cn1ccc2cc([N+](=O)[O-])ccc21)N1CCN(Cc2nc(-c3cccs3)no2)CC1. The second-order valence-corrected chi connectivity index (χ2v) is 8.54. The molecule has 0 saturated carbocycles. The number of thiophene rings is 1. The van der Waals surface area contributed by atoms with Crippen molar-refractivity contribution in [3.8, 4) is 10.7 Å². The fraction of sp³-hybridized carbons (Fsp3) is 0.286. The number of rotatable bonds is 6. The van der Waals surface area contributed by atoms with Gasteiger partial charge in [0.15, 0.2) is 0 Å². The van der Waals surface area contributed by atoms with Crippen LogP contribution in [0.3, 0.4) is 0 Å². The van der Waals surface area contributed by atoms with Crippen molar-refractivity contribution in [1.82, 2.24) is 24.5 Å². The molecule has 5 rings (SSSR count). The fourth-order valence-electron chi connectivity index (χ4n) is 3.86. The maximum atomic E-state index is 12.8. The van der Waals surface area contributed by atoms with Crippen LogP contribution in [0.5, 0.6) is 0 Å². The van der Waals surface area contributed by atoms with Gasteiger partial charge in [-0.25, -0.2) is 0 Å². The van der Waals surface area contributed by atoms with E-state index < -0.39 is 4.92 Å². The number of nitro groups is 1. The predicted octanol–water partition coefficient (Wildman–Crippen LogP) is 3.01. The van der Waals surface area contributed by atoms with Gasteiger partial charge in [-0.15, -0.1) is 11.3 Å². The molecule has 0 atom stereocenters. The molecule has 0 spiro atoms. The molecule has 1 aliphatic heterocycles. The summed E-state index contributed by atoms with van der Waals surface area (Å²) in [6, 6.07) is 10.4. The van der Waals surface area contributed by atoms with E-state index in [4.69, 9.17) is 4.52 Å². The van der Waals surface area contributed by atoms with Crippen molar-refractivity contribution < 1.29 is 14.2 Å². The van der Waals surface area contributed by atoms with Crippen LogP contribution in [0.1, 0.15) is 5.89 Å². The molecule has 3 aromatic heterocycles. The monoisotopic (exact) mass is 452 g/mol. The van der Waals surface area contributed by atoms with Crippen molar-refractivity contribution in [2.75, 3.05) is 26.2 Å². The van der Waals surface area contributed by atoms with Crippen molar-refractivity contribution in [1.29, 1.82) is 0 Å². The Labute approximate surface area is 186 Å². The van der Waals surface area contributed by atoms with Crippen LogP contribution >= 0.6 is 11.3 Å². The normalized spacial score (nSPS) is 14.8. The zero-order valence-corrected chi connectivity index (χ0v) is 17.9. The lowest BCUT2D eigenvalue weighted by Gasteiger charge is -2.34. The van der Waals surface area contributed by atoms with Gasteiger partial charge in [0, 0.05) is 55.4 Å². The molecule has 0 N–H and O–H groups in total. The van der Waals surface area contributed by atoms with Gasteiger partial charge in [0.1, 0.15) is 6.54 Å². The Morgan fingerprint density at radius 2 is 2.03 bits per heavy atom. The lowest BCUT2D eigenvalue weighted by molar-refractivity contribution is -0.384. The van der Waals surface area contributed by atoms with Crippen LogP contribution in [0.4, 0.5) is 5.69 Å². The van der Waals surface area contributed by atoms with Gasteiger partial charge in [-0.05, 0) is 23.6 Å². The van der Waals surface area contributed by atoms with Gasteiger partial charge in [-0.1, -0.05) is 11.2 Å². The second kappa shape index (κ2) is 8.52. The molecule has 1 fully saturated rings. The van der Waals surface area contributed by atoms with Gasteiger partial charge in [0.2, 0.25) is 17.6 Å². The summed E-state index contributed by atoms with van der Waals surface area (Å²) in [5.41, 5.74) is 0.849. The minimum atomic E-state index is -0.418. The maximum absolute atomic E-state index is 12.8. The molecule has 0 radical (unpaired) electrons. The average Bonchev–Trinajstić information content (AvgIpc) is 3.55. The van der Waals surface area contributed by atoms with E-state index in [0.29, 0.717) is 31.3 Å². The summed E-state index contributed by atoms with van der Waals surface area (Å²) in [4.78, 5) is 32.8. The Hall–Kier alpha value is -3.57. The molecule has 1 aliphatic rings. The van der Waals surface area contributed by atoms with E-state index in [0.717, 1.165) is 28.9 Å². The molecule has 4 aromatic rings. The van der Waals surface area contributed by atoms with Crippen molar-refractivity contribution in [2.45, 2.75) is 13.1 Å². The summed E-state index contributed by atoms with van der Waals surface area (Å²) < 4.78 is 7.21. The molecular formula is C21H20N6O4S. The summed E-state index contributed by atoms with van der Waals surface area (Å²) in [6.45, 7) is 3.45. The molecule has 10 nitrogen and oxygen atoms in total. The smallest absolute Gasteiger partial charge is 0.270 e. The van der Waals surface area contributed by atoms with E-state index in [1.807, 2.05) is 27.0 Å². The Morgan fingerprint density at radius 3 is 2.78 bits per heavy atom. The zero-order valence-electron chi connectivity index (χ0n) is 17.1. The van der Waals surface area contributed by atoms with Gasteiger partial charge in [-0.2, -0.15) is 4.98 Å². The Kier molecular flexibility index (Phi) is 5.41. The summed E-state index contributed by atoms with van der Waals surface area (Å²) in [5, 5.41) is 17.7. The minimum Gasteiger partial charge on any atom is -0.339 e. The highest BCUT2D eigenvalue weighted by molar-refractivity contribution is 7.13. The van der Waals surface area contributed by atoms with E-state index >= 15 is 0 Å². The largest absolute Gasteiger partial charge is 0.339 e. The first-order chi connectivity index (χ1) is 15.6. The first-order valence-electron chi connectivity index (χ1n) is 10.2. The highest BCUT2D eigenvalue weighted by Gasteiger charge is 2.23. The number of fused-ring (bicyclic) bond motifs is 1. The highest BCUT2D eigenvalue weighted by Crippen LogP contribution is 2.23. The number of nitrogens with zero attached hydrogens (tertiary/aromatic N) is 6. The van der Waals surface area contributed by atoms with E-state index in [-0.39, 0.29) is 18.1 Å². The second-order valence-electron chi connectivity index (χ2n) is 7.59. The van der Waals surface area contributed by atoms with Crippen molar-refractivity contribution in [3.05, 3.63) is 64.0 Å². The molecule has 1 aromatic carbocycles. The zero-order chi connectivity index (χ0) is 22.1. The summed E-state index contributed by atoms with van der Waals surface area (Å²) in [7, 11) is 0. The molecule has 32 heavy (non-hydrogen) atoms. The maximum Gasteiger partial charge on any atom is 0.270 e. The van der Waals surface area contributed by atoms with E-state index in [2.05, 4.69) is 15.0 Å². The average molecular weight is 452 g/mol. The molecule has 164 valence electrons. The standard InChI is InChI=1S/C21H20N6O4S/c28-20(14-26-6-5-15-12-16(27(29)30)3-4-17(15)26)25-9-7-24(8-10-25)13-19-22-21(23-31-19)18-2-1-11-32-18/h1-6,11-12H,7-10,13-14H2. The number of carbonyl (C=O) groups excluding carboxylic acids is 1. The molecule has 0 unspecified atom stereocenters. The van der Waals surface area contributed by atoms with Crippen LogP contribution in [0.25, 0.3) is 21.6 Å². The number of aromatic nitrogens is 3. The van der Waals surface area contributed by atoms with E-state index in [9.17, 15) is 14.9 Å². The summed E-state index contributed by atoms with van der Waals surface area (Å²) in [5.74, 6) is 1.20. The van der Waals surface area contributed by atoms with Crippen molar-refractivity contribution in [2.24, 2.45) is 0 Å². The van der Waals surface area contributed by atoms with Gasteiger partial charge in [-0.3, -0.25) is 19.8 Å². The number of nitro benzene ring substituents is 1. The third kappa shape index (κ3) is 4.12. The number of piperazine rings is 1. The lowest BCUT2D eigenvalue weighted by Crippen LogP contribution is -2.49. The number of benzene rings is 1. The molecule has 1 amide bonds. The first-order valence-corrected chi connectivity index (χ1v) is 11.0. The third-order valence-electron chi connectivity index (χ3n) is 5.56. The van der Waals surface area contributed by atoms with Gasteiger partial charge in [0.05, 0.1) is 16.3 Å². The van der Waals surface area contributed by atoms with Gasteiger partial charge in [0.25, 0.3) is 5.69 Å². The van der Waals surface area contributed by atoms with Crippen LogP contribution < -0.4 is 0 Å². The fourth-order valence-corrected chi connectivity index (χ4v) is 4.51. The van der Waals surface area contributed by atoms with Crippen LogP contribution in [-0.2, 0) is 17.9 Å². The number of hydrogen-bond donors (Lipinski definition) is 0. The van der Waals surface area contributed by atoms with Crippen LogP contribution in [0, 0.1) is 10.1 Å². The van der Waals surface area contributed by atoms with Crippen molar-refractivity contribution >= 4 is 33.8 Å². The molecule has 4 heterocycles. The van der Waals surface area contributed by atoms with Gasteiger partial charge >= 0.3 is 0 Å².